The third-order valence-electron chi connectivity index (χ3n) is 8.65. The molecule has 2 aromatic carbocycles. The number of benzene rings is 2. The van der Waals surface area contributed by atoms with Gasteiger partial charge in [0.2, 0.25) is 11.8 Å². The Bertz CT molecular complexity index is 1480. The Labute approximate surface area is 264 Å². The van der Waals surface area contributed by atoms with Gasteiger partial charge in [0.1, 0.15) is 5.75 Å². The smallest absolute Gasteiger partial charge is 0.257 e. The van der Waals surface area contributed by atoms with Crippen LogP contribution in [0, 0.1) is 11.3 Å². The Morgan fingerprint density at radius 1 is 1.02 bits per heavy atom. The normalized spacial score (nSPS) is 20.2. The molecule has 1 unspecified atom stereocenters. The molecule has 45 heavy (non-hydrogen) atoms. The highest BCUT2D eigenvalue weighted by Crippen LogP contribution is 2.43. The predicted molar refractivity (Wildman–Crippen MR) is 172 cm³/mol. The fourth-order valence-electron chi connectivity index (χ4n) is 6.00. The molecule has 11 nitrogen and oxygen atoms in total. The van der Waals surface area contributed by atoms with Crippen LogP contribution in [0.15, 0.2) is 42.6 Å². The van der Waals surface area contributed by atoms with E-state index in [1.807, 2.05) is 36.5 Å². The summed E-state index contributed by atoms with van der Waals surface area (Å²) in [6, 6.07) is 11.5. The molecule has 0 radical (unpaired) electrons. The lowest BCUT2D eigenvalue weighted by atomic mass is 9.75. The number of rotatable bonds is 8. The van der Waals surface area contributed by atoms with Crippen LogP contribution in [0.5, 0.6) is 17.2 Å². The Kier molecular flexibility index (Phi) is 10.8. The topological polar surface area (TPSA) is 143 Å². The van der Waals surface area contributed by atoms with Crippen molar-refractivity contribution in [2.75, 3.05) is 53.6 Å². The average Bonchev–Trinajstić information content (AvgIpc) is 3.78. The zero-order chi connectivity index (χ0) is 31.6. The fraction of sp³-hybridized carbons (Fsp3) is 0.500. The van der Waals surface area contributed by atoms with Gasteiger partial charge < -0.3 is 40.5 Å². The zero-order valence-corrected chi connectivity index (χ0v) is 26.3. The Morgan fingerprint density at radius 2 is 1.89 bits per heavy atom. The summed E-state index contributed by atoms with van der Waals surface area (Å²) in [5.41, 5.74) is 2.10. The number of aromatic nitrogens is 1. The summed E-state index contributed by atoms with van der Waals surface area (Å²) in [7, 11) is 3.20. The molecular formula is C34H45N5O6. The first-order valence-electron chi connectivity index (χ1n) is 15.9. The summed E-state index contributed by atoms with van der Waals surface area (Å²) in [5.74, 6) is 1.75. The maximum Gasteiger partial charge on any atom is 0.257 e. The van der Waals surface area contributed by atoms with Gasteiger partial charge in [0, 0.05) is 49.7 Å². The number of aromatic amines is 1. The summed E-state index contributed by atoms with van der Waals surface area (Å²) < 4.78 is 16.8. The summed E-state index contributed by atoms with van der Waals surface area (Å²) in [6.45, 7) is 2.22. The zero-order valence-electron chi connectivity index (χ0n) is 26.3. The number of fused-ring (bicyclic) bond motifs is 3. The van der Waals surface area contributed by atoms with E-state index >= 15 is 0 Å². The van der Waals surface area contributed by atoms with Gasteiger partial charge in [-0.05, 0) is 79.6 Å². The van der Waals surface area contributed by atoms with Crippen molar-refractivity contribution in [1.29, 1.82) is 0 Å². The standard InChI is InChI=1S/C34H45N5O6/c1-43-26-8-9-28-27(17-26)25(20-38-28)11-13-37-33(42)34(18-23-5-6-23)19-24-7-10-29(44-2)30(16-24)45-21-32(41)36-15-14-35-12-3-4-31(40)39-22-34/h7-10,16-17,20,23,35,38H,3-6,11-15,18-19,21-22H2,1-2H3,(H,36,41)(H,37,42)(H,39,40). The van der Waals surface area contributed by atoms with Crippen molar-refractivity contribution in [3.63, 3.8) is 0 Å². The van der Waals surface area contributed by atoms with Crippen LogP contribution in [0.4, 0.5) is 0 Å². The Hall–Kier alpha value is -4.25. The van der Waals surface area contributed by atoms with Crippen molar-refractivity contribution in [2.45, 2.75) is 44.9 Å². The van der Waals surface area contributed by atoms with Crippen molar-refractivity contribution < 1.29 is 28.6 Å². The van der Waals surface area contributed by atoms with E-state index in [1.54, 1.807) is 20.3 Å². The third kappa shape index (κ3) is 8.69. The molecule has 5 rings (SSSR count). The first kappa shape index (κ1) is 32.2. The van der Waals surface area contributed by atoms with Gasteiger partial charge >= 0.3 is 0 Å². The van der Waals surface area contributed by atoms with Crippen LogP contribution in [0.25, 0.3) is 10.9 Å². The minimum atomic E-state index is -0.868. The van der Waals surface area contributed by atoms with E-state index in [-0.39, 0.29) is 30.9 Å². The highest BCUT2D eigenvalue weighted by atomic mass is 16.5. The molecule has 2 aliphatic rings. The van der Waals surface area contributed by atoms with Gasteiger partial charge in [0.15, 0.2) is 18.1 Å². The van der Waals surface area contributed by atoms with E-state index in [0.717, 1.165) is 40.6 Å². The van der Waals surface area contributed by atoms with Crippen LogP contribution in [0.3, 0.4) is 0 Å². The van der Waals surface area contributed by atoms with Gasteiger partial charge in [-0.15, -0.1) is 0 Å². The molecule has 1 fully saturated rings. The van der Waals surface area contributed by atoms with Crippen LogP contribution in [0.1, 0.15) is 43.2 Å². The van der Waals surface area contributed by atoms with Crippen LogP contribution in [0.2, 0.25) is 0 Å². The maximum atomic E-state index is 14.3. The van der Waals surface area contributed by atoms with Crippen LogP contribution < -0.4 is 35.5 Å². The second-order valence-corrected chi connectivity index (χ2v) is 12.1. The minimum Gasteiger partial charge on any atom is -0.497 e. The summed E-state index contributed by atoms with van der Waals surface area (Å²) in [5, 5.41) is 13.5. The molecule has 2 heterocycles. The predicted octanol–water partition coefficient (Wildman–Crippen LogP) is 2.87. The monoisotopic (exact) mass is 619 g/mol. The van der Waals surface area contributed by atoms with E-state index in [2.05, 4.69) is 26.3 Å². The molecule has 1 aliphatic heterocycles. The van der Waals surface area contributed by atoms with Crippen molar-refractivity contribution in [3.05, 3.63) is 53.7 Å². The number of ether oxygens (including phenoxy) is 3. The number of carbonyl (C=O) groups excluding carboxylic acids is 3. The van der Waals surface area contributed by atoms with Gasteiger partial charge in [-0.1, -0.05) is 18.9 Å². The molecule has 1 aliphatic carbocycles. The SMILES string of the molecule is COc1ccc2[nH]cc(CCNC(=O)C3(CC4CC4)CNC(=O)CCCNCCNC(=O)COc4cc(ccc4OC)C3)c2c1. The molecule has 1 saturated carbocycles. The second kappa shape index (κ2) is 15.2. The number of carbonyl (C=O) groups is 3. The molecule has 0 saturated heterocycles. The van der Waals surface area contributed by atoms with E-state index in [9.17, 15) is 14.4 Å². The van der Waals surface area contributed by atoms with Crippen LogP contribution in [-0.2, 0) is 27.2 Å². The minimum absolute atomic E-state index is 0.0781. The molecule has 1 atom stereocenters. The first-order valence-corrected chi connectivity index (χ1v) is 15.9. The van der Waals surface area contributed by atoms with Crippen molar-refractivity contribution >= 4 is 28.6 Å². The lowest BCUT2D eigenvalue weighted by Crippen LogP contribution is -2.50. The number of methoxy groups -OCH3 is 2. The van der Waals surface area contributed by atoms with Crippen molar-refractivity contribution in [2.24, 2.45) is 11.3 Å². The van der Waals surface area contributed by atoms with E-state index < -0.39 is 5.41 Å². The number of hydrogen-bond acceptors (Lipinski definition) is 7. The maximum absolute atomic E-state index is 14.3. The van der Waals surface area contributed by atoms with Crippen LogP contribution in [-0.4, -0.2) is 76.3 Å². The Balaban J connectivity index is 1.39. The molecule has 1 aromatic heterocycles. The van der Waals surface area contributed by atoms with E-state index in [4.69, 9.17) is 14.2 Å². The number of amides is 3. The summed E-state index contributed by atoms with van der Waals surface area (Å²) in [6.07, 6.45) is 6.81. The van der Waals surface area contributed by atoms with E-state index in [1.165, 1.54) is 0 Å². The quantitative estimate of drug-likeness (QED) is 0.261. The summed E-state index contributed by atoms with van der Waals surface area (Å²) >= 11 is 0. The molecule has 242 valence electrons. The fourth-order valence-corrected chi connectivity index (χ4v) is 6.00. The molecular weight excluding hydrogens is 574 g/mol. The number of H-pyrrole nitrogens is 1. The van der Waals surface area contributed by atoms with Gasteiger partial charge in [-0.25, -0.2) is 0 Å². The van der Waals surface area contributed by atoms with Gasteiger partial charge in [-0.3, -0.25) is 14.4 Å². The van der Waals surface area contributed by atoms with Crippen molar-refractivity contribution in [1.82, 2.24) is 26.3 Å². The second-order valence-electron chi connectivity index (χ2n) is 12.1. The first-order chi connectivity index (χ1) is 21.9. The highest BCUT2D eigenvalue weighted by molar-refractivity contribution is 5.86. The van der Waals surface area contributed by atoms with E-state index in [0.29, 0.717) is 75.7 Å². The average molecular weight is 620 g/mol. The molecule has 0 spiro atoms. The summed E-state index contributed by atoms with van der Waals surface area (Å²) in [4.78, 5) is 42.9. The molecule has 3 aromatic rings. The van der Waals surface area contributed by atoms with Crippen molar-refractivity contribution in [3.8, 4) is 17.2 Å². The molecule has 3 amide bonds. The molecule has 5 N–H and O–H groups in total. The lowest BCUT2D eigenvalue weighted by Gasteiger charge is -2.33. The highest BCUT2D eigenvalue weighted by Gasteiger charge is 2.43. The van der Waals surface area contributed by atoms with Crippen LogP contribution >= 0.6 is 0 Å². The largest absolute Gasteiger partial charge is 0.497 e. The van der Waals surface area contributed by atoms with Gasteiger partial charge in [-0.2, -0.15) is 0 Å². The number of hydrogen-bond donors (Lipinski definition) is 5. The van der Waals surface area contributed by atoms with Gasteiger partial charge in [0.25, 0.3) is 5.91 Å². The molecule has 2 bridgehead atoms. The third-order valence-corrected chi connectivity index (χ3v) is 8.65. The lowest BCUT2D eigenvalue weighted by molar-refractivity contribution is -0.132. The Morgan fingerprint density at radius 3 is 2.69 bits per heavy atom. The molecule has 11 heteroatoms. The number of nitrogens with one attached hydrogen (secondary N) is 5. The van der Waals surface area contributed by atoms with Gasteiger partial charge in [0.05, 0.1) is 19.6 Å².